The molecular weight excluding hydrogens is 414 g/mol. The predicted molar refractivity (Wildman–Crippen MR) is 129 cm³/mol. The van der Waals surface area contributed by atoms with Gasteiger partial charge < -0.3 is 19.3 Å². The largest absolute Gasteiger partial charge is 0.488 e. The number of fused-ring (bicyclic) bond motifs is 1. The summed E-state index contributed by atoms with van der Waals surface area (Å²) in [5, 5.41) is 4.49. The zero-order valence-electron chi connectivity index (χ0n) is 18.7. The summed E-state index contributed by atoms with van der Waals surface area (Å²) in [5.41, 5.74) is 4.42. The fourth-order valence-electron chi connectivity index (χ4n) is 4.59. The molecule has 1 atom stereocenters. The second-order valence-corrected chi connectivity index (χ2v) is 8.16. The van der Waals surface area contributed by atoms with Gasteiger partial charge in [0.05, 0.1) is 13.7 Å². The molecule has 7 heteroatoms. The molecule has 7 nitrogen and oxygen atoms in total. The topological polar surface area (TPSA) is 55.1 Å². The Morgan fingerprint density at radius 1 is 1.03 bits per heavy atom. The number of rotatable bonds is 5. The summed E-state index contributed by atoms with van der Waals surface area (Å²) in [7, 11) is 1.59. The minimum absolute atomic E-state index is 0.0527. The number of nitrogens with zero attached hydrogens (tertiary/aromatic N) is 5. The Hall–Kier alpha value is -3.92. The van der Waals surface area contributed by atoms with Crippen molar-refractivity contribution in [3.05, 3.63) is 71.7 Å². The third-order valence-corrected chi connectivity index (χ3v) is 6.20. The van der Waals surface area contributed by atoms with E-state index in [1.807, 2.05) is 6.07 Å². The van der Waals surface area contributed by atoms with E-state index in [0.29, 0.717) is 17.9 Å². The average Bonchev–Trinajstić information content (AvgIpc) is 3.28. The molecule has 3 aromatic rings. The summed E-state index contributed by atoms with van der Waals surface area (Å²) < 4.78 is 13.3. The van der Waals surface area contributed by atoms with Crippen molar-refractivity contribution in [2.45, 2.75) is 19.1 Å². The Bertz CT molecular complexity index is 1220. The molecule has 2 aromatic carbocycles. The van der Waals surface area contributed by atoms with Gasteiger partial charge in [-0.05, 0) is 30.3 Å². The summed E-state index contributed by atoms with van der Waals surface area (Å²) in [6, 6.07) is 22.9. The van der Waals surface area contributed by atoms with Crippen LogP contribution < -0.4 is 24.8 Å². The zero-order chi connectivity index (χ0) is 22.6. The van der Waals surface area contributed by atoms with Gasteiger partial charge in [0, 0.05) is 61.6 Å². The Morgan fingerprint density at radius 2 is 1.82 bits per heavy atom. The molecule has 2 aliphatic rings. The van der Waals surface area contributed by atoms with Gasteiger partial charge in [-0.1, -0.05) is 30.7 Å². The van der Waals surface area contributed by atoms with Crippen molar-refractivity contribution in [2.24, 2.45) is 4.99 Å². The second-order valence-electron chi connectivity index (χ2n) is 8.16. The molecule has 1 fully saturated rings. The molecule has 168 valence electrons. The number of para-hydroxylation sites is 1. The summed E-state index contributed by atoms with van der Waals surface area (Å²) >= 11 is 0. The number of ether oxygens (including phenoxy) is 2. The highest BCUT2D eigenvalue weighted by molar-refractivity contribution is 5.62. The minimum Gasteiger partial charge on any atom is -0.488 e. The Labute approximate surface area is 193 Å². The lowest BCUT2D eigenvalue weighted by Gasteiger charge is -2.38. The summed E-state index contributed by atoms with van der Waals surface area (Å²) in [6.45, 7) is 4.49. The van der Waals surface area contributed by atoms with Crippen molar-refractivity contribution < 1.29 is 9.47 Å². The average molecular weight is 442 g/mol. The van der Waals surface area contributed by atoms with Crippen LogP contribution in [-0.4, -0.2) is 49.2 Å². The van der Waals surface area contributed by atoms with Gasteiger partial charge in [-0.15, -0.1) is 5.10 Å². The van der Waals surface area contributed by atoms with Gasteiger partial charge >= 0.3 is 0 Å². The fourth-order valence-corrected chi connectivity index (χ4v) is 4.59. The van der Waals surface area contributed by atoms with E-state index in [9.17, 15) is 0 Å². The van der Waals surface area contributed by atoms with Crippen molar-refractivity contribution in [2.75, 3.05) is 43.1 Å². The summed E-state index contributed by atoms with van der Waals surface area (Å²) in [5.74, 6) is 1.46. The molecule has 33 heavy (non-hydrogen) atoms. The number of hydrogen-bond donors (Lipinski definition) is 0. The van der Waals surface area contributed by atoms with E-state index >= 15 is 0 Å². The number of piperazine rings is 1. The minimum atomic E-state index is -0.0527. The van der Waals surface area contributed by atoms with Gasteiger partial charge in [0.15, 0.2) is 5.49 Å². The number of terminal acetylenes is 1. The Morgan fingerprint density at radius 3 is 2.58 bits per heavy atom. The standard InChI is InChI=1S/C26H27N5O2/c1-3-27-25-12-13-26(32-2)28-31(25)19-21-18-22-23(10-7-11-24(22)33-21)30-16-14-29(15-17-30)20-8-5-4-6-9-20/h1,4-13,21H,14-19H2,2H3. The van der Waals surface area contributed by atoms with Crippen LogP contribution in [0.4, 0.5) is 11.4 Å². The van der Waals surface area contributed by atoms with Crippen molar-refractivity contribution >= 4 is 11.4 Å². The van der Waals surface area contributed by atoms with E-state index in [2.05, 4.69) is 74.5 Å². The monoisotopic (exact) mass is 441 g/mol. The van der Waals surface area contributed by atoms with Crippen LogP contribution in [-0.2, 0) is 13.0 Å². The molecule has 0 N–H and O–H groups in total. The number of benzene rings is 2. The van der Waals surface area contributed by atoms with Crippen molar-refractivity contribution in [1.82, 2.24) is 9.78 Å². The van der Waals surface area contributed by atoms with E-state index in [4.69, 9.17) is 15.9 Å². The quantitative estimate of drug-likeness (QED) is 0.570. The van der Waals surface area contributed by atoms with Gasteiger partial charge in [-0.25, -0.2) is 4.68 Å². The van der Waals surface area contributed by atoms with E-state index in [0.717, 1.165) is 38.3 Å². The third-order valence-electron chi connectivity index (χ3n) is 6.20. The molecule has 1 aromatic heterocycles. The Kier molecular flexibility index (Phi) is 5.90. The number of anilines is 2. The molecule has 0 bridgehead atoms. The summed E-state index contributed by atoms with van der Waals surface area (Å²) in [6.07, 6.45) is 6.16. The molecule has 0 radical (unpaired) electrons. The number of hydrogen-bond acceptors (Lipinski definition) is 6. The lowest BCUT2D eigenvalue weighted by molar-refractivity contribution is 0.198. The molecule has 0 aliphatic carbocycles. The van der Waals surface area contributed by atoms with Gasteiger partial charge in [-0.3, -0.25) is 0 Å². The fraction of sp³-hybridized carbons (Fsp3) is 0.308. The van der Waals surface area contributed by atoms with E-state index in [1.165, 1.54) is 16.9 Å². The van der Waals surface area contributed by atoms with Crippen molar-refractivity contribution in [3.8, 4) is 24.1 Å². The number of methoxy groups -OCH3 is 1. The van der Waals surface area contributed by atoms with Gasteiger partial charge in [0.25, 0.3) is 0 Å². The second kappa shape index (κ2) is 9.29. The highest BCUT2D eigenvalue weighted by atomic mass is 16.5. The van der Waals surface area contributed by atoms with Crippen LogP contribution in [0.2, 0.25) is 0 Å². The van der Waals surface area contributed by atoms with E-state index < -0.39 is 0 Å². The molecule has 0 saturated carbocycles. The summed E-state index contributed by atoms with van der Waals surface area (Å²) in [4.78, 5) is 9.02. The Balaban J connectivity index is 1.31. The number of aromatic nitrogens is 2. The van der Waals surface area contributed by atoms with Crippen LogP contribution >= 0.6 is 0 Å². The first-order valence-electron chi connectivity index (χ1n) is 11.2. The smallest absolute Gasteiger partial charge is 0.231 e. The third kappa shape index (κ3) is 4.37. The predicted octanol–water partition coefficient (Wildman–Crippen LogP) is 2.71. The normalized spacial score (nSPS) is 17.9. The van der Waals surface area contributed by atoms with Crippen molar-refractivity contribution in [3.63, 3.8) is 0 Å². The van der Waals surface area contributed by atoms with Crippen LogP contribution in [0, 0.1) is 12.5 Å². The maximum absolute atomic E-state index is 6.31. The molecule has 0 spiro atoms. The first-order valence-corrected chi connectivity index (χ1v) is 11.2. The van der Waals surface area contributed by atoms with E-state index in [-0.39, 0.29) is 6.10 Å². The highest BCUT2D eigenvalue weighted by Gasteiger charge is 2.29. The molecule has 1 saturated heterocycles. The lowest BCUT2D eigenvalue weighted by atomic mass is 10.1. The maximum atomic E-state index is 6.31. The van der Waals surface area contributed by atoms with E-state index in [1.54, 1.807) is 17.9 Å². The van der Waals surface area contributed by atoms with Crippen LogP contribution in [0.1, 0.15) is 5.56 Å². The molecule has 3 heterocycles. The van der Waals surface area contributed by atoms with Gasteiger partial charge in [0.2, 0.25) is 5.88 Å². The van der Waals surface area contributed by atoms with Crippen LogP contribution in [0.5, 0.6) is 11.6 Å². The first-order chi connectivity index (χ1) is 16.2. The van der Waals surface area contributed by atoms with Crippen molar-refractivity contribution in [1.29, 1.82) is 0 Å². The SMILES string of the molecule is C#CN=c1ccc(OC)nn1CC1Cc2c(cccc2N2CCN(c3ccccc3)CC2)O1. The maximum Gasteiger partial charge on any atom is 0.231 e. The molecule has 5 rings (SSSR count). The molecular formula is C26H27N5O2. The molecule has 1 unspecified atom stereocenters. The lowest BCUT2D eigenvalue weighted by Crippen LogP contribution is -2.46. The molecule has 0 amide bonds. The van der Waals surface area contributed by atoms with Crippen LogP contribution in [0.25, 0.3) is 0 Å². The van der Waals surface area contributed by atoms with Gasteiger partial charge in [-0.2, -0.15) is 4.99 Å². The molecule has 2 aliphatic heterocycles. The van der Waals surface area contributed by atoms with Crippen LogP contribution in [0.3, 0.4) is 0 Å². The highest BCUT2D eigenvalue weighted by Crippen LogP contribution is 2.37. The zero-order valence-corrected chi connectivity index (χ0v) is 18.7. The van der Waals surface area contributed by atoms with Gasteiger partial charge in [0.1, 0.15) is 11.9 Å². The first kappa shape index (κ1) is 21.0. The van der Waals surface area contributed by atoms with Crippen LogP contribution in [0.15, 0.2) is 65.7 Å².